The van der Waals surface area contributed by atoms with Gasteiger partial charge in [0.1, 0.15) is 5.60 Å². The Balaban J connectivity index is 2.93. The normalized spacial score (nSPS) is 25.4. The lowest BCUT2D eigenvalue weighted by Crippen LogP contribution is -2.38. The number of oxime groups is 1. The summed E-state index contributed by atoms with van der Waals surface area (Å²) < 4.78 is 10.0. The van der Waals surface area contributed by atoms with Gasteiger partial charge >= 0.3 is 11.9 Å². The van der Waals surface area contributed by atoms with Gasteiger partial charge in [-0.3, -0.25) is 9.59 Å². The topological polar surface area (TPSA) is 85.2 Å². The second-order valence-electron chi connectivity index (χ2n) is 5.88. The molecule has 0 heterocycles. The average Bonchev–Trinajstić information content (AvgIpc) is 2.71. The molecule has 6 heteroatoms. The second-order valence-corrected chi connectivity index (χ2v) is 5.88. The van der Waals surface area contributed by atoms with Crippen LogP contribution in [0.4, 0.5) is 0 Å². The van der Waals surface area contributed by atoms with E-state index in [0.29, 0.717) is 18.6 Å². The zero-order chi connectivity index (χ0) is 14.7. The van der Waals surface area contributed by atoms with Gasteiger partial charge in [-0.05, 0) is 33.6 Å². The Morgan fingerprint density at radius 3 is 2.47 bits per heavy atom. The minimum atomic E-state index is -0.970. The summed E-state index contributed by atoms with van der Waals surface area (Å²) in [4.78, 5) is 23.8. The number of carbonyl (C=O) groups is 2. The maximum Gasteiger partial charge on any atom is 0.313 e. The molecule has 1 fully saturated rings. The fraction of sp³-hybridized carbons (Fsp3) is 0.769. The van der Waals surface area contributed by atoms with Gasteiger partial charge in [-0.2, -0.15) is 0 Å². The van der Waals surface area contributed by atoms with Gasteiger partial charge in [0.15, 0.2) is 0 Å². The van der Waals surface area contributed by atoms with Crippen LogP contribution in [-0.2, 0) is 19.1 Å². The highest BCUT2D eigenvalue weighted by molar-refractivity contribution is 5.95. The van der Waals surface area contributed by atoms with Crippen molar-refractivity contribution in [1.29, 1.82) is 0 Å². The number of esters is 2. The van der Waals surface area contributed by atoms with Crippen LogP contribution in [0.2, 0.25) is 0 Å². The Kier molecular flexibility index (Phi) is 4.55. The Morgan fingerprint density at radius 1 is 1.42 bits per heavy atom. The van der Waals surface area contributed by atoms with E-state index in [4.69, 9.17) is 9.94 Å². The van der Waals surface area contributed by atoms with Crippen LogP contribution in [0.15, 0.2) is 5.16 Å². The van der Waals surface area contributed by atoms with Crippen molar-refractivity contribution in [2.75, 3.05) is 7.11 Å². The maximum atomic E-state index is 12.3. The third-order valence-electron chi connectivity index (χ3n) is 3.12. The predicted octanol–water partition coefficient (Wildman–Crippen LogP) is 1.89. The van der Waals surface area contributed by atoms with Gasteiger partial charge in [-0.15, -0.1) is 0 Å². The molecule has 1 unspecified atom stereocenters. The monoisotopic (exact) mass is 271 g/mol. The van der Waals surface area contributed by atoms with Crippen molar-refractivity contribution >= 4 is 17.7 Å². The van der Waals surface area contributed by atoms with Crippen LogP contribution in [-0.4, -0.2) is 35.6 Å². The molecule has 1 rings (SSSR count). The average molecular weight is 271 g/mol. The number of nitrogens with zero attached hydrogens (tertiary/aromatic N) is 1. The molecule has 19 heavy (non-hydrogen) atoms. The van der Waals surface area contributed by atoms with Crippen molar-refractivity contribution in [3.05, 3.63) is 0 Å². The molecule has 1 N–H and O–H groups in total. The molecule has 0 aromatic rings. The molecule has 108 valence electrons. The number of methoxy groups -OCH3 is 1. The number of rotatable bonds is 3. The molecule has 0 aromatic heterocycles. The van der Waals surface area contributed by atoms with Crippen LogP contribution in [0.25, 0.3) is 0 Å². The SMILES string of the molecule is COC(=O)CC1(C(=O)OC(C)(C)C)CCC(=NO)C1. The summed E-state index contributed by atoms with van der Waals surface area (Å²) in [7, 11) is 1.28. The van der Waals surface area contributed by atoms with Gasteiger partial charge in [0.05, 0.1) is 24.7 Å². The van der Waals surface area contributed by atoms with Crippen LogP contribution < -0.4 is 0 Å². The lowest BCUT2D eigenvalue weighted by molar-refractivity contribution is -0.171. The summed E-state index contributed by atoms with van der Waals surface area (Å²) in [6, 6.07) is 0. The highest BCUT2D eigenvalue weighted by Crippen LogP contribution is 2.42. The van der Waals surface area contributed by atoms with E-state index in [-0.39, 0.29) is 12.8 Å². The molecule has 0 radical (unpaired) electrons. The standard InChI is InChI=1S/C13H21NO5/c1-12(2,3)19-11(16)13(8-10(15)18-4)6-5-9(7-13)14-17/h17H,5-8H2,1-4H3. The van der Waals surface area contributed by atoms with E-state index in [1.54, 1.807) is 20.8 Å². The van der Waals surface area contributed by atoms with Crippen molar-refractivity contribution in [1.82, 2.24) is 0 Å². The molecule has 1 aliphatic rings. The number of hydrogen-bond donors (Lipinski definition) is 1. The van der Waals surface area contributed by atoms with Crippen LogP contribution in [0.3, 0.4) is 0 Å². The zero-order valence-corrected chi connectivity index (χ0v) is 11.9. The highest BCUT2D eigenvalue weighted by Gasteiger charge is 2.48. The molecule has 6 nitrogen and oxygen atoms in total. The smallest absolute Gasteiger partial charge is 0.313 e. The fourth-order valence-corrected chi connectivity index (χ4v) is 2.17. The summed E-state index contributed by atoms with van der Waals surface area (Å²) in [5.41, 5.74) is -1.09. The van der Waals surface area contributed by atoms with E-state index in [1.807, 2.05) is 0 Å². The largest absolute Gasteiger partial charge is 0.469 e. The van der Waals surface area contributed by atoms with E-state index < -0.39 is 23.0 Å². The zero-order valence-electron chi connectivity index (χ0n) is 11.9. The van der Waals surface area contributed by atoms with E-state index in [1.165, 1.54) is 7.11 Å². The third-order valence-corrected chi connectivity index (χ3v) is 3.12. The van der Waals surface area contributed by atoms with Gasteiger partial charge in [0, 0.05) is 6.42 Å². The molecule has 1 saturated carbocycles. The fourth-order valence-electron chi connectivity index (χ4n) is 2.17. The van der Waals surface area contributed by atoms with Gasteiger partial charge in [-0.1, -0.05) is 5.16 Å². The first-order chi connectivity index (χ1) is 8.72. The summed E-state index contributed by atoms with van der Waals surface area (Å²) in [6.45, 7) is 5.31. The van der Waals surface area contributed by atoms with Crippen molar-refractivity contribution < 1.29 is 24.3 Å². The molecule has 0 aliphatic heterocycles. The Hall–Kier alpha value is -1.59. The van der Waals surface area contributed by atoms with Crippen LogP contribution in [0, 0.1) is 5.41 Å². The maximum absolute atomic E-state index is 12.3. The predicted molar refractivity (Wildman–Crippen MR) is 68.0 cm³/mol. The van der Waals surface area contributed by atoms with Gasteiger partial charge in [0.2, 0.25) is 0 Å². The second kappa shape index (κ2) is 5.59. The van der Waals surface area contributed by atoms with E-state index in [2.05, 4.69) is 9.89 Å². The van der Waals surface area contributed by atoms with Crippen molar-refractivity contribution in [2.45, 2.75) is 52.1 Å². The summed E-state index contributed by atoms with van der Waals surface area (Å²) in [6.07, 6.45) is 1.08. The van der Waals surface area contributed by atoms with E-state index >= 15 is 0 Å². The first-order valence-electron chi connectivity index (χ1n) is 6.22. The van der Waals surface area contributed by atoms with Gasteiger partial charge in [-0.25, -0.2) is 0 Å². The Labute approximate surface area is 112 Å². The lowest BCUT2D eigenvalue weighted by atomic mass is 9.82. The minimum Gasteiger partial charge on any atom is -0.469 e. The van der Waals surface area contributed by atoms with Crippen LogP contribution in [0.1, 0.15) is 46.5 Å². The minimum absolute atomic E-state index is 0.0581. The number of ether oxygens (including phenoxy) is 2. The Bertz CT molecular complexity index is 396. The van der Waals surface area contributed by atoms with Crippen molar-refractivity contribution in [3.63, 3.8) is 0 Å². The Morgan fingerprint density at radius 2 is 2.05 bits per heavy atom. The van der Waals surface area contributed by atoms with Crippen LogP contribution >= 0.6 is 0 Å². The molecule has 0 spiro atoms. The molecule has 0 saturated heterocycles. The molecule has 1 atom stereocenters. The summed E-state index contributed by atoms with van der Waals surface area (Å²) >= 11 is 0. The van der Waals surface area contributed by atoms with Crippen LogP contribution in [0.5, 0.6) is 0 Å². The van der Waals surface area contributed by atoms with Gasteiger partial charge < -0.3 is 14.7 Å². The number of hydrogen-bond acceptors (Lipinski definition) is 6. The van der Waals surface area contributed by atoms with Crippen molar-refractivity contribution in [3.8, 4) is 0 Å². The first-order valence-corrected chi connectivity index (χ1v) is 6.22. The molecule has 0 aromatic carbocycles. The first kappa shape index (κ1) is 15.5. The highest BCUT2D eigenvalue weighted by atomic mass is 16.6. The quantitative estimate of drug-likeness (QED) is 0.481. The lowest BCUT2D eigenvalue weighted by Gasteiger charge is -2.29. The summed E-state index contributed by atoms with van der Waals surface area (Å²) in [5, 5.41) is 12.0. The molecule has 0 bridgehead atoms. The molecule has 1 aliphatic carbocycles. The van der Waals surface area contributed by atoms with E-state index in [0.717, 1.165) is 0 Å². The third kappa shape index (κ3) is 3.94. The van der Waals surface area contributed by atoms with Gasteiger partial charge in [0.25, 0.3) is 0 Å². The van der Waals surface area contributed by atoms with Crippen molar-refractivity contribution in [2.24, 2.45) is 10.6 Å². The van der Waals surface area contributed by atoms with E-state index in [9.17, 15) is 9.59 Å². The summed E-state index contributed by atoms with van der Waals surface area (Å²) in [5.74, 6) is -0.908. The number of carbonyl (C=O) groups excluding carboxylic acids is 2. The molecule has 0 amide bonds. The molecular formula is C13H21NO5. The molecular weight excluding hydrogens is 250 g/mol.